The predicted molar refractivity (Wildman–Crippen MR) is 76.0 cm³/mol. The van der Waals surface area contributed by atoms with E-state index in [0.29, 0.717) is 19.0 Å². The quantitative estimate of drug-likeness (QED) is 0.781. The van der Waals surface area contributed by atoms with E-state index < -0.39 is 6.04 Å². The molecular formula is C13H24ClN3O2. The molecule has 1 aliphatic heterocycles. The number of nitrogens with two attached hydrogens (primary N) is 1. The lowest BCUT2D eigenvalue weighted by molar-refractivity contribution is -0.128. The van der Waals surface area contributed by atoms with Crippen molar-refractivity contribution in [2.24, 2.45) is 11.7 Å². The Kier molecular flexibility index (Phi) is 5.62. The minimum Gasteiger partial charge on any atom is -0.350 e. The van der Waals surface area contributed by atoms with Crippen LogP contribution in [0.2, 0.25) is 0 Å². The van der Waals surface area contributed by atoms with Gasteiger partial charge in [-0.25, -0.2) is 0 Å². The molecule has 0 bridgehead atoms. The van der Waals surface area contributed by atoms with E-state index in [2.05, 4.69) is 5.32 Å². The van der Waals surface area contributed by atoms with Gasteiger partial charge in [0, 0.05) is 19.0 Å². The third-order valence-electron chi connectivity index (χ3n) is 4.05. The Labute approximate surface area is 120 Å². The van der Waals surface area contributed by atoms with Crippen LogP contribution in [-0.2, 0) is 9.59 Å². The van der Waals surface area contributed by atoms with Crippen LogP contribution in [-0.4, -0.2) is 41.4 Å². The molecule has 0 aromatic carbocycles. The molecule has 3 N–H and O–H groups in total. The lowest BCUT2D eigenvalue weighted by Gasteiger charge is -2.21. The van der Waals surface area contributed by atoms with Gasteiger partial charge in [-0.05, 0) is 18.8 Å². The second-order valence-electron chi connectivity index (χ2n) is 5.60. The summed E-state index contributed by atoms with van der Waals surface area (Å²) in [4.78, 5) is 25.6. The zero-order valence-electron chi connectivity index (χ0n) is 11.6. The highest BCUT2D eigenvalue weighted by atomic mass is 35.5. The maximum Gasteiger partial charge on any atom is 0.237 e. The first-order chi connectivity index (χ1) is 8.52. The van der Waals surface area contributed by atoms with Crippen LogP contribution in [0.4, 0.5) is 0 Å². The fourth-order valence-corrected chi connectivity index (χ4v) is 2.38. The average Bonchev–Trinajstić information content (AvgIpc) is 3.12. The molecule has 1 saturated heterocycles. The molecular weight excluding hydrogens is 266 g/mol. The summed E-state index contributed by atoms with van der Waals surface area (Å²) in [6, 6.07) is -0.0941. The van der Waals surface area contributed by atoms with Crippen molar-refractivity contribution < 1.29 is 9.59 Å². The number of carbonyl (C=O) groups excluding carboxylic acids is 2. The summed E-state index contributed by atoms with van der Waals surface area (Å²) in [6.45, 7) is 4.65. The summed E-state index contributed by atoms with van der Waals surface area (Å²) in [5, 5.41) is 2.91. The normalized spacial score (nSPS) is 25.7. The van der Waals surface area contributed by atoms with Crippen LogP contribution in [0.1, 0.15) is 39.5 Å². The van der Waals surface area contributed by atoms with E-state index in [9.17, 15) is 9.59 Å². The molecule has 1 saturated carbocycles. The van der Waals surface area contributed by atoms with Gasteiger partial charge in [0.15, 0.2) is 0 Å². The van der Waals surface area contributed by atoms with Gasteiger partial charge in [-0.3, -0.25) is 9.59 Å². The monoisotopic (exact) mass is 289 g/mol. The van der Waals surface area contributed by atoms with E-state index in [-0.39, 0.29) is 36.2 Å². The smallest absolute Gasteiger partial charge is 0.237 e. The summed E-state index contributed by atoms with van der Waals surface area (Å²) in [6.07, 6.45) is 3.53. The van der Waals surface area contributed by atoms with Crippen LogP contribution in [0.3, 0.4) is 0 Å². The molecule has 19 heavy (non-hydrogen) atoms. The van der Waals surface area contributed by atoms with Crippen LogP contribution in [0.5, 0.6) is 0 Å². The number of halogens is 1. The highest BCUT2D eigenvalue weighted by Crippen LogP contribution is 2.30. The number of amides is 2. The summed E-state index contributed by atoms with van der Waals surface area (Å²) < 4.78 is 0. The van der Waals surface area contributed by atoms with Gasteiger partial charge in [0.25, 0.3) is 0 Å². The molecule has 0 radical (unpaired) electrons. The van der Waals surface area contributed by atoms with Crippen molar-refractivity contribution in [3.8, 4) is 0 Å². The molecule has 3 atom stereocenters. The highest BCUT2D eigenvalue weighted by molar-refractivity contribution is 5.85. The highest BCUT2D eigenvalue weighted by Gasteiger charge is 2.40. The first kappa shape index (κ1) is 16.2. The summed E-state index contributed by atoms with van der Waals surface area (Å²) in [7, 11) is 0. The molecule has 2 fully saturated rings. The number of nitrogens with one attached hydrogen (secondary N) is 1. The van der Waals surface area contributed by atoms with Crippen molar-refractivity contribution in [2.75, 3.05) is 6.54 Å². The van der Waals surface area contributed by atoms with Crippen molar-refractivity contribution in [3.05, 3.63) is 0 Å². The molecule has 110 valence electrons. The van der Waals surface area contributed by atoms with E-state index >= 15 is 0 Å². The third kappa shape index (κ3) is 3.83. The van der Waals surface area contributed by atoms with Crippen molar-refractivity contribution in [2.45, 2.75) is 57.7 Å². The molecule has 2 rings (SSSR count). The molecule has 5 nitrogen and oxygen atoms in total. The van der Waals surface area contributed by atoms with Gasteiger partial charge in [0.05, 0.1) is 12.1 Å². The standard InChI is InChI=1S/C13H23N3O2.ClH/c1-3-8(2)12(14)13(18)15-9-6-11(17)16(7-9)10-4-5-10;/h8-10,12H,3-7,14H2,1-2H3,(H,15,18);1H. The fraction of sp³-hybridized carbons (Fsp3) is 0.846. The molecule has 1 aliphatic carbocycles. The van der Waals surface area contributed by atoms with Crippen LogP contribution in [0.25, 0.3) is 0 Å². The van der Waals surface area contributed by atoms with Crippen molar-refractivity contribution >= 4 is 24.2 Å². The van der Waals surface area contributed by atoms with Gasteiger partial charge in [-0.2, -0.15) is 0 Å². The number of likely N-dealkylation sites (tertiary alicyclic amines) is 1. The lowest BCUT2D eigenvalue weighted by atomic mass is 9.99. The van der Waals surface area contributed by atoms with Gasteiger partial charge in [0.2, 0.25) is 11.8 Å². The van der Waals surface area contributed by atoms with Gasteiger partial charge in [0.1, 0.15) is 0 Å². The maximum atomic E-state index is 11.9. The first-order valence-electron chi connectivity index (χ1n) is 6.88. The molecule has 3 unspecified atom stereocenters. The second-order valence-corrected chi connectivity index (χ2v) is 5.60. The van der Waals surface area contributed by atoms with Crippen molar-refractivity contribution in [1.82, 2.24) is 10.2 Å². The van der Waals surface area contributed by atoms with Crippen LogP contribution in [0.15, 0.2) is 0 Å². The summed E-state index contributed by atoms with van der Waals surface area (Å²) in [5.41, 5.74) is 5.88. The average molecular weight is 290 g/mol. The summed E-state index contributed by atoms with van der Waals surface area (Å²) in [5.74, 6) is 0.210. The molecule has 2 aliphatic rings. The number of nitrogens with zero attached hydrogens (tertiary/aromatic N) is 1. The second kappa shape index (κ2) is 6.57. The SMILES string of the molecule is CCC(C)C(N)C(=O)NC1CC(=O)N(C2CC2)C1.Cl. The maximum absolute atomic E-state index is 11.9. The van der Waals surface area contributed by atoms with E-state index in [1.807, 2.05) is 18.7 Å². The minimum atomic E-state index is -0.472. The third-order valence-corrected chi connectivity index (χ3v) is 4.05. The first-order valence-corrected chi connectivity index (χ1v) is 6.88. The Hall–Kier alpha value is -0.810. The van der Waals surface area contributed by atoms with E-state index in [1.165, 1.54) is 0 Å². The van der Waals surface area contributed by atoms with Gasteiger partial charge < -0.3 is 16.0 Å². The van der Waals surface area contributed by atoms with E-state index in [1.54, 1.807) is 0 Å². The van der Waals surface area contributed by atoms with Crippen molar-refractivity contribution in [1.29, 1.82) is 0 Å². The van der Waals surface area contributed by atoms with Crippen LogP contribution >= 0.6 is 12.4 Å². The predicted octanol–water partition coefficient (Wildman–Crippen LogP) is 0.661. The van der Waals surface area contributed by atoms with Crippen LogP contribution < -0.4 is 11.1 Å². The number of carbonyl (C=O) groups is 2. The molecule has 0 aromatic heterocycles. The van der Waals surface area contributed by atoms with E-state index in [0.717, 1.165) is 19.3 Å². The Bertz CT molecular complexity index is 347. The van der Waals surface area contributed by atoms with Crippen LogP contribution in [0, 0.1) is 5.92 Å². The zero-order valence-corrected chi connectivity index (χ0v) is 12.4. The number of rotatable bonds is 5. The van der Waals surface area contributed by atoms with Gasteiger partial charge >= 0.3 is 0 Å². The molecule has 6 heteroatoms. The summed E-state index contributed by atoms with van der Waals surface area (Å²) >= 11 is 0. The molecule has 0 spiro atoms. The largest absolute Gasteiger partial charge is 0.350 e. The topological polar surface area (TPSA) is 75.4 Å². The zero-order chi connectivity index (χ0) is 13.3. The van der Waals surface area contributed by atoms with Gasteiger partial charge in [-0.15, -0.1) is 12.4 Å². The minimum absolute atomic E-state index is 0. The Balaban J connectivity index is 0.00000180. The molecule has 1 heterocycles. The van der Waals surface area contributed by atoms with Gasteiger partial charge in [-0.1, -0.05) is 20.3 Å². The molecule has 2 amide bonds. The van der Waals surface area contributed by atoms with Crippen molar-refractivity contribution in [3.63, 3.8) is 0 Å². The van der Waals surface area contributed by atoms with E-state index in [4.69, 9.17) is 5.73 Å². The number of hydrogen-bond acceptors (Lipinski definition) is 3. The lowest BCUT2D eigenvalue weighted by Crippen LogP contribution is -2.49. The molecule has 0 aromatic rings. The Morgan fingerprint density at radius 3 is 2.68 bits per heavy atom. The Morgan fingerprint density at radius 2 is 2.16 bits per heavy atom. The fourth-order valence-electron chi connectivity index (χ4n) is 2.38. The number of hydrogen-bond donors (Lipinski definition) is 2. The Morgan fingerprint density at radius 1 is 1.53 bits per heavy atom.